The van der Waals surface area contributed by atoms with E-state index in [1.165, 1.54) is 22.5 Å². The Morgan fingerprint density at radius 3 is 2.55 bits per heavy atom. The van der Waals surface area contributed by atoms with E-state index in [1.807, 2.05) is 12.1 Å². The number of hydrogen-bond donors (Lipinski definition) is 0. The van der Waals surface area contributed by atoms with Crippen molar-refractivity contribution in [1.82, 2.24) is 4.31 Å². The second kappa shape index (κ2) is 8.26. The van der Waals surface area contributed by atoms with Gasteiger partial charge in [-0.2, -0.15) is 4.31 Å². The Morgan fingerprint density at radius 2 is 1.83 bits per heavy atom. The van der Waals surface area contributed by atoms with Gasteiger partial charge < -0.3 is 4.90 Å². The number of fused-ring (bicyclic) bond motifs is 1. The summed E-state index contributed by atoms with van der Waals surface area (Å²) in [6.07, 6.45) is 0.818. The molecule has 0 saturated carbocycles. The molecule has 0 bridgehead atoms. The van der Waals surface area contributed by atoms with Crippen LogP contribution in [-0.2, 0) is 14.8 Å². The number of rotatable bonds is 3. The van der Waals surface area contributed by atoms with Gasteiger partial charge in [-0.1, -0.05) is 23.7 Å². The molecule has 0 unspecified atom stereocenters. The number of carbonyl (C=O) groups excluding carboxylic acids is 1. The van der Waals surface area contributed by atoms with E-state index in [9.17, 15) is 17.6 Å². The van der Waals surface area contributed by atoms with Gasteiger partial charge in [0.1, 0.15) is 10.7 Å². The highest BCUT2D eigenvalue weighted by Crippen LogP contribution is 2.38. The molecule has 0 radical (unpaired) electrons. The van der Waals surface area contributed by atoms with Crippen molar-refractivity contribution in [3.63, 3.8) is 0 Å². The molecular formula is C20H20ClFN2O3S2. The molecule has 2 aliphatic heterocycles. The summed E-state index contributed by atoms with van der Waals surface area (Å²) < 4.78 is 40.8. The van der Waals surface area contributed by atoms with E-state index in [4.69, 9.17) is 11.6 Å². The largest absolute Gasteiger partial charge is 0.310 e. The van der Waals surface area contributed by atoms with E-state index in [0.717, 1.165) is 22.4 Å². The van der Waals surface area contributed by atoms with E-state index in [0.29, 0.717) is 24.4 Å². The van der Waals surface area contributed by atoms with E-state index in [2.05, 4.69) is 0 Å². The van der Waals surface area contributed by atoms with Crippen LogP contribution in [0.25, 0.3) is 0 Å². The lowest BCUT2D eigenvalue weighted by Crippen LogP contribution is -2.45. The molecule has 2 heterocycles. The molecule has 2 aromatic rings. The van der Waals surface area contributed by atoms with Gasteiger partial charge in [0.25, 0.3) is 0 Å². The fourth-order valence-corrected chi connectivity index (χ4v) is 6.45. The van der Waals surface area contributed by atoms with E-state index >= 15 is 0 Å². The zero-order chi connectivity index (χ0) is 20.6. The summed E-state index contributed by atoms with van der Waals surface area (Å²) in [6, 6.07) is 10.9. The molecule has 0 spiro atoms. The van der Waals surface area contributed by atoms with Gasteiger partial charge in [0.15, 0.2) is 0 Å². The van der Waals surface area contributed by atoms with E-state index in [1.54, 1.807) is 22.7 Å². The van der Waals surface area contributed by atoms with E-state index in [-0.39, 0.29) is 29.8 Å². The average molecular weight is 455 g/mol. The van der Waals surface area contributed by atoms with Crippen LogP contribution >= 0.6 is 23.4 Å². The third-order valence-corrected chi connectivity index (χ3v) is 8.52. The normalized spacial score (nSPS) is 18.5. The number of carbonyl (C=O) groups is 1. The number of piperidine rings is 1. The second-order valence-corrected chi connectivity index (χ2v) is 10.5. The fraction of sp³-hybridized carbons (Fsp3) is 0.350. The lowest BCUT2D eigenvalue weighted by molar-refractivity contribution is -0.123. The predicted octanol–water partition coefficient (Wildman–Crippen LogP) is 4.02. The summed E-state index contributed by atoms with van der Waals surface area (Å²) in [6.45, 7) is 0.987. The number of halogens is 2. The first-order chi connectivity index (χ1) is 13.9. The smallest absolute Gasteiger partial charge is 0.245 e. The van der Waals surface area contributed by atoms with Crippen molar-refractivity contribution in [1.29, 1.82) is 0 Å². The Hall–Kier alpha value is -1.61. The van der Waals surface area contributed by atoms with Gasteiger partial charge in [-0.25, -0.2) is 12.8 Å². The number of benzene rings is 2. The molecule has 0 aromatic heterocycles. The van der Waals surface area contributed by atoms with Crippen LogP contribution < -0.4 is 4.90 Å². The van der Waals surface area contributed by atoms with Crippen molar-refractivity contribution < 1.29 is 17.6 Å². The van der Waals surface area contributed by atoms with Crippen molar-refractivity contribution in [3.05, 3.63) is 53.3 Å². The highest BCUT2D eigenvalue weighted by Gasteiger charge is 2.36. The predicted molar refractivity (Wildman–Crippen MR) is 112 cm³/mol. The number of hydrogen-bond acceptors (Lipinski definition) is 4. The van der Waals surface area contributed by atoms with Crippen LogP contribution in [0, 0.1) is 11.7 Å². The highest BCUT2D eigenvalue weighted by molar-refractivity contribution is 7.99. The first kappa shape index (κ1) is 20.7. The molecule has 0 atom stereocenters. The van der Waals surface area contributed by atoms with Gasteiger partial charge in [0, 0.05) is 41.2 Å². The molecule has 0 N–H and O–H groups in total. The van der Waals surface area contributed by atoms with E-state index < -0.39 is 15.8 Å². The first-order valence-corrected chi connectivity index (χ1v) is 12.2. The fourth-order valence-electron chi connectivity index (χ4n) is 3.78. The van der Waals surface area contributed by atoms with Crippen LogP contribution in [0.4, 0.5) is 10.1 Å². The summed E-state index contributed by atoms with van der Waals surface area (Å²) in [4.78, 5) is 15.6. The summed E-state index contributed by atoms with van der Waals surface area (Å²) >= 11 is 7.81. The van der Waals surface area contributed by atoms with Crippen LogP contribution in [0.15, 0.2) is 52.3 Å². The Morgan fingerprint density at radius 1 is 1.10 bits per heavy atom. The Kier molecular flexibility index (Phi) is 5.88. The van der Waals surface area contributed by atoms with Gasteiger partial charge in [-0.05, 0) is 43.2 Å². The Labute approximate surface area is 178 Å². The average Bonchev–Trinajstić information content (AvgIpc) is 2.73. The standard InChI is InChI=1S/C20H20ClFN2O3S2/c21-15-5-6-18-17(13-15)24(11-12-28-18)20(25)14-7-9-23(10-8-14)29(26,27)19-4-2-1-3-16(19)22/h1-6,13-14H,7-12H2. The van der Waals surface area contributed by atoms with Crippen molar-refractivity contribution >= 4 is 45.0 Å². The maximum atomic E-state index is 14.0. The molecule has 2 aromatic carbocycles. The SMILES string of the molecule is O=C(C1CCN(S(=O)(=O)c2ccccc2F)CC1)N1CCSc2ccc(Cl)cc21. The Balaban J connectivity index is 1.48. The summed E-state index contributed by atoms with van der Waals surface area (Å²) in [5.74, 6) is -0.222. The molecule has 0 aliphatic carbocycles. The summed E-state index contributed by atoms with van der Waals surface area (Å²) in [5, 5.41) is 0.579. The maximum absolute atomic E-state index is 14.0. The molecule has 2 aliphatic rings. The molecule has 1 saturated heterocycles. The summed E-state index contributed by atoms with van der Waals surface area (Å²) in [5.41, 5.74) is 0.820. The molecule has 9 heteroatoms. The highest BCUT2D eigenvalue weighted by atomic mass is 35.5. The minimum absolute atomic E-state index is 0.00300. The quantitative estimate of drug-likeness (QED) is 0.702. The van der Waals surface area contributed by atoms with Crippen molar-refractivity contribution in [2.45, 2.75) is 22.6 Å². The monoisotopic (exact) mass is 454 g/mol. The molecule has 5 nitrogen and oxygen atoms in total. The third kappa shape index (κ3) is 4.03. The maximum Gasteiger partial charge on any atom is 0.245 e. The van der Waals surface area contributed by atoms with Crippen LogP contribution in [0.3, 0.4) is 0 Å². The topological polar surface area (TPSA) is 57.7 Å². The molecular weight excluding hydrogens is 435 g/mol. The lowest BCUT2D eigenvalue weighted by Gasteiger charge is -2.35. The summed E-state index contributed by atoms with van der Waals surface area (Å²) in [7, 11) is -3.91. The zero-order valence-electron chi connectivity index (χ0n) is 15.6. The van der Waals surface area contributed by atoms with Crippen LogP contribution in [0.2, 0.25) is 5.02 Å². The van der Waals surface area contributed by atoms with Gasteiger partial charge in [0.05, 0.1) is 5.69 Å². The molecule has 1 amide bonds. The molecule has 4 rings (SSSR count). The van der Waals surface area contributed by atoms with Crippen molar-refractivity contribution in [3.8, 4) is 0 Å². The van der Waals surface area contributed by atoms with Crippen molar-refractivity contribution in [2.75, 3.05) is 30.3 Å². The van der Waals surface area contributed by atoms with Gasteiger partial charge in [0.2, 0.25) is 15.9 Å². The first-order valence-electron chi connectivity index (χ1n) is 9.36. The minimum atomic E-state index is -3.91. The number of anilines is 1. The van der Waals surface area contributed by atoms with Gasteiger partial charge >= 0.3 is 0 Å². The van der Waals surface area contributed by atoms with Crippen LogP contribution in [0.5, 0.6) is 0 Å². The number of sulfonamides is 1. The van der Waals surface area contributed by atoms with Crippen molar-refractivity contribution in [2.24, 2.45) is 5.92 Å². The number of thioether (sulfide) groups is 1. The molecule has 1 fully saturated rings. The molecule has 29 heavy (non-hydrogen) atoms. The minimum Gasteiger partial charge on any atom is -0.310 e. The molecule has 154 valence electrons. The third-order valence-electron chi connectivity index (χ3n) is 5.31. The number of nitrogens with zero attached hydrogens (tertiary/aromatic N) is 2. The van der Waals surface area contributed by atoms with Crippen LogP contribution in [-0.4, -0.2) is 44.0 Å². The van der Waals surface area contributed by atoms with Gasteiger partial charge in [-0.3, -0.25) is 4.79 Å². The van der Waals surface area contributed by atoms with Crippen LogP contribution in [0.1, 0.15) is 12.8 Å². The Bertz CT molecular complexity index is 1040. The zero-order valence-corrected chi connectivity index (χ0v) is 17.9. The second-order valence-electron chi connectivity index (χ2n) is 7.06. The van der Waals surface area contributed by atoms with Gasteiger partial charge in [-0.15, -0.1) is 11.8 Å². The lowest BCUT2D eigenvalue weighted by atomic mass is 9.96. The number of amides is 1.